The molecule has 0 unspecified atom stereocenters. The second-order valence-corrected chi connectivity index (χ2v) is 12.4. The van der Waals surface area contributed by atoms with Gasteiger partial charge in [-0.25, -0.2) is 8.78 Å². The molecule has 3 aromatic carbocycles. The summed E-state index contributed by atoms with van der Waals surface area (Å²) in [5.74, 6) is 0.882. The van der Waals surface area contributed by atoms with Gasteiger partial charge in [0.05, 0.1) is 6.61 Å². The number of halogens is 3. The molecule has 2 aliphatic rings. The van der Waals surface area contributed by atoms with E-state index in [9.17, 15) is 8.78 Å². The molecule has 41 heavy (non-hydrogen) atoms. The molecule has 2 fully saturated rings. The van der Waals surface area contributed by atoms with E-state index in [4.69, 9.17) is 4.74 Å². The van der Waals surface area contributed by atoms with E-state index in [0.717, 1.165) is 41.7 Å². The molecule has 0 bridgehead atoms. The molecular weight excluding hydrogens is 517 g/mol. The van der Waals surface area contributed by atoms with Crippen LogP contribution in [0.2, 0.25) is 0 Å². The molecule has 5 rings (SSSR count). The van der Waals surface area contributed by atoms with Crippen molar-refractivity contribution in [3.8, 4) is 28.0 Å². The van der Waals surface area contributed by atoms with E-state index >= 15 is 4.39 Å². The monoisotopic (exact) mass is 562 g/mol. The summed E-state index contributed by atoms with van der Waals surface area (Å²) in [6.45, 7) is 4.27. The van der Waals surface area contributed by atoms with Gasteiger partial charge in [0.15, 0.2) is 11.6 Å². The molecule has 0 aliphatic heterocycles. The molecule has 0 saturated heterocycles. The zero-order valence-corrected chi connectivity index (χ0v) is 24.7. The number of ether oxygens (including phenoxy) is 1. The zero-order chi connectivity index (χ0) is 28.8. The Kier molecular flexibility index (Phi) is 10.1. The van der Waals surface area contributed by atoms with Crippen LogP contribution in [0.1, 0.15) is 102 Å². The lowest BCUT2D eigenvalue weighted by molar-refractivity contribution is 0.155. The maximum Gasteiger partial charge on any atom is 0.201 e. The minimum Gasteiger partial charge on any atom is -0.491 e. The van der Waals surface area contributed by atoms with Crippen LogP contribution in [0, 0.1) is 35.2 Å². The summed E-state index contributed by atoms with van der Waals surface area (Å²) >= 11 is 0. The third kappa shape index (κ3) is 7.01. The smallest absolute Gasteiger partial charge is 0.201 e. The minimum atomic E-state index is -0.991. The Morgan fingerprint density at radius 2 is 1.27 bits per heavy atom. The molecule has 0 amide bonds. The molecule has 4 heteroatoms. The predicted molar refractivity (Wildman–Crippen MR) is 163 cm³/mol. The average Bonchev–Trinajstić information content (AvgIpc) is 3.00. The Balaban J connectivity index is 1.17. The Hall–Kier alpha value is -2.75. The van der Waals surface area contributed by atoms with Gasteiger partial charge < -0.3 is 4.74 Å². The van der Waals surface area contributed by atoms with Crippen molar-refractivity contribution < 1.29 is 17.9 Å². The van der Waals surface area contributed by atoms with Crippen molar-refractivity contribution in [3.05, 3.63) is 77.6 Å². The van der Waals surface area contributed by atoms with Crippen LogP contribution in [0.15, 0.2) is 54.6 Å². The van der Waals surface area contributed by atoms with Crippen LogP contribution >= 0.6 is 0 Å². The molecule has 2 aliphatic carbocycles. The minimum absolute atomic E-state index is 0.0960. The molecule has 1 nitrogen and oxygen atoms in total. The van der Waals surface area contributed by atoms with Crippen LogP contribution in [0.25, 0.3) is 22.3 Å². The first kappa shape index (κ1) is 29.7. The van der Waals surface area contributed by atoms with Crippen LogP contribution in [0.3, 0.4) is 0 Å². The lowest BCUT2D eigenvalue weighted by atomic mass is 9.68. The third-order valence-corrected chi connectivity index (χ3v) is 9.86. The number of hydrogen-bond acceptors (Lipinski definition) is 1. The standard InChI is InChI=1S/C37H45F3O/c1-3-5-6-7-25-8-10-26(11-9-25)27-12-14-28(15-13-27)31-20-21-32(34(38)24-31)29-16-18-30(19-17-29)33-22-23-35(41-4-2)37(40)36(33)39/h16-28H,3-15H2,1-2H3. The summed E-state index contributed by atoms with van der Waals surface area (Å²) < 4.78 is 49.5. The first-order valence-corrected chi connectivity index (χ1v) is 16.0. The molecular formula is C37H45F3O. The van der Waals surface area contributed by atoms with Gasteiger partial charge in [-0.15, -0.1) is 0 Å². The molecule has 0 spiro atoms. The van der Waals surface area contributed by atoms with Crippen molar-refractivity contribution in [2.24, 2.45) is 17.8 Å². The van der Waals surface area contributed by atoms with Crippen LogP contribution in [-0.2, 0) is 0 Å². The van der Waals surface area contributed by atoms with E-state index in [0.29, 0.717) is 17.0 Å². The lowest BCUT2D eigenvalue weighted by Crippen LogP contribution is -2.25. The van der Waals surface area contributed by atoms with Crippen LogP contribution in [0.5, 0.6) is 5.75 Å². The molecule has 0 atom stereocenters. The molecule has 3 aromatic rings. The number of unbranched alkanes of at least 4 members (excludes halogenated alkanes) is 2. The van der Waals surface area contributed by atoms with E-state index in [1.165, 1.54) is 76.3 Å². The van der Waals surface area contributed by atoms with Gasteiger partial charge in [0.2, 0.25) is 5.82 Å². The van der Waals surface area contributed by atoms with Gasteiger partial charge in [-0.3, -0.25) is 0 Å². The van der Waals surface area contributed by atoms with Gasteiger partial charge in [0, 0.05) is 11.1 Å². The van der Waals surface area contributed by atoms with Crippen molar-refractivity contribution >= 4 is 0 Å². The van der Waals surface area contributed by atoms with E-state index < -0.39 is 11.6 Å². The number of hydrogen-bond donors (Lipinski definition) is 0. The Bertz CT molecular complexity index is 1270. The Labute approximate surface area is 244 Å². The fraction of sp³-hybridized carbons (Fsp3) is 0.514. The molecule has 0 aromatic heterocycles. The van der Waals surface area contributed by atoms with Crippen molar-refractivity contribution in [2.75, 3.05) is 6.61 Å². The van der Waals surface area contributed by atoms with Gasteiger partial charge in [0.1, 0.15) is 5.82 Å². The summed E-state index contributed by atoms with van der Waals surface area (Å²) in [5.41, 5.74) is 3.05. The summed E-state index contributed by atoms with van der Waals surface area (Å²) in [6, 6.07) is 15.6. The Morgan fingerprint density at radius 3 is 1.88 bits per heavy atom. The summed E-state index contributed by atoms with van der Waals surface area (Å²) in [4.78, 5) is 0. The normalized spacial score (nSPS) is 23.0. The fourth-order valence-electron chi connectivity index (χ4n) is 7.43. The number of rotatable bonds is 10. The highest BCUT2D eigenvalue weighted by Gasteiger charge is 2.31. The highest BCUT2D eigenvalue weighted by Crippen LogP contribution is 2.45. The molecule has 2 saturated carbocycles. The summed E-state index contributed by atoms with van der Waals surface area (Å²) in [7, 11) is 0. The quantitative estimate of drug-likeness (QED) is 0.223. The summed E-state index contributed by atoms with van der Waals surface area (Å²) in [6.07, 6.45) is 16.0. The van der Waals surface area contributed by atoms with Crippen LogP contribution in [0.4, 0.5) is 13.2 Å². The van der Waals surface area contributed by atoms with E-state index in [1.807, 2.05) is 6.07 Å². The second kappa shape index (κ2) is 13.9. The molecule has 220 valence electrons. The van der Waals surface area contributed by atoms with Crippen LogP contribution < -0.4 is 4.74 Å². The van der Waals surface area contributed by atoms with E-state index in [2.05, 4.69) is 13.0 Å². The SMILES string of the molecule is CCCCCC1CCC(C2CCC(c3ccc(-c4ccc(-c5ccc(OCC)c(F)c5F)cc4)c(F)c3)CC2)CC1. The topological polar surface area (TPSA) is 9.23 Å². The maximum atomic E-state index is 15.3. The van der Waals surface area contributed by atoms with Gasteiger partial charge in [-0.1, -0.05) is 81.8 Å². The largest absolute Gasteiger partial charge is 0.491 e. The third-order valence-electron chi connectivity index (χ3n) is 9.86. The van der Waals surface area contributed by atoms with Gasteiger partial charge in [-0.2, -0.15) is 4.39 Å². The maximum absolute atomic E-state index is 15.3. The number of benzene rings is 3. The highest BCUT2D eigenvalue weighted by molar-refractivity contribution is 5.71. The van der Waals surface area contributed by atoms with Gasteiger partial charge >= 0.3 is 0 Å². The van der Waals surface area contributed by atoms with Crippen molar-refractivity contribution in [1.82, 2.24) is 0 Å². The first-order chi connectivity index (χ1) is 20.0. The van der Waals surface area contributed by atoms with Crippen molar-refractivity contribution in [1.29, 1.82) is 0 Å². The van der Waals surface area contributed by atoms with Gasteiger partial charge in [0.25, 0.3) is 0 Å². The molecule has 0 radical (unpaired) electrons. The average molecular weight is 563 g/mol. The van der Waals surface area contributed by atoms with Crippen molar-refractivity contribution in [2.45, 2.75) is 96.8 Å². The van der Waals surface area contributed by atoms with E-state index in [-0.39, 0.29) is 23.7 Å². The van der Waals surface area contributed by atoms with E-state index in [1.54, 1.807) is 37.3 Å². The summed E-state index contributed by atoms with van der Waals surface area (Å²) in [5, 5.41) is 0. The second-order valence-electron chi connectivity index (χ2n) is 12.4. The first-order valence-electron chi connectivity index (χ1n) is 16.0. The molecule has 0 N–H and O–H groups in total. The highest BCUT2D eigenvalue weighted by atomic mass is 19.2. The predicted octanol–water partition coefficient (Wildman–Crippen LogP) is 11.5. The van der Waals surface area contributed by atoms with Crippen molar-refractivity contribution in [3.63, 3.8) is 0 Å². The lowest BCUT2D eigenvalue weighted by Gasteiger charge is -2.38. The molecule has 0 heterocycles. The fourth-order valence-corrected chi connectivity index (χ4v) is 7.43. The van der Waals surface area contributed by atoms with Gasteiger partial charge in [-0.05, 0) is 104 Å². The zero-order valence-electron chi connectivity index (χ0n) is 24.7. The van der Waals surface area contributed by atoms with Crippen LogP contribution in [-0.4, -0.2) is 6.61 Å². The Morgan fingerprint density at radius 1 is 0.659 bits per heavy atom.